The fraction of sp³-hybridized carbons (Fsp3) is 0.346. The highest BCUT2D eigenvalue weighted by atomic mass is 16.5. The zero-order valence-electron chi connectivity index (χ0n) is 19.2. The van der Waals surface area contributed by atoms with E-state index < -0.39 is 23.8 Å². The Hall–Kier alpha value is -3.67. The standard InChI is InChI=1S/C26H28N4O4/c1-27-24(31)23(25(32)28-34)29(2)26(33)20-11-9-18(10-12-20)4-3-17-5-7-19(8-6-17)14-30-15-21-13-22(21)16-30/h5-12,21-23,34H,13-16H2,1-2H3,(H,27,31)(H,28,32). The van der Waals surface area contributed by atoms with Crippen LogP contribution in [0.5, 0.6) is 0 Å². The number of benzene rings is 2. The van der Waals surface area contributed by atoms with E-state index in [1.54, 1.807) is 24.3 Å². The van der Waals surface area contributed by atoms with Gasteiger partial charge in [-0.1, -0.05) is 24.0 Å². The lowest BCUT2D eigenvalue weighted by molar-refractivity contribution is -0.140. The Morgan fingerprint density at radius 2 is 1.56 bits per heavy atom. The van der Waals surface area contributed by atoms with Crippen LogP contribution in [-0.4, -0.2) is 66.0 Å². The molecule has 1 heterocycles. The number of carbonyl (C=O) groups excluding carboxylic acids is 3. The van der Waals surface area contributed by atoms with Crippen molar-refractivity contribution in [2.45, 2.75) is 19.0 Å². The Bertz CT molecular complexity index is 1110. The van der Waals surface area contributed by atoms with Crippen LogP contribution in [0, 0.1) is 23.7 Å². The number of amides is 3. The SMILES string of the molecule is CNC(=O)C(C(=O)NO)N(C)C(=O)c1ccc(C#Cc2ccc(CN3CC4CC4C3)cc2)cc1. The lowest BCUT2D eigenvalue weighted by atomic mass is 10.1. The van der Waals surface area contributed by atoms with Crippen LogP contribution in [0.1, 0.15) is 33.5 Å². The van der Waals surface area contributed by atoms with Gasteiger partial charge in [-0.15, -0.1) is 0 Å². The summed E-state index contributed by atoms with van der Waals surface area (Å²) in [5.41, 5.74) is 4.65. The van der Waals surface area contributed by atoms with Crippen LogP contribution in [-0.2, 0) is 16.1 Å². The van der Waals surface area contributed by atoms with Crippen LogP contribution in [0.2, 0.25) is 0 Å². The summed E-state index contributed by atoms with van der Waals surface area (Å²) in [5.74, 6) is 5.85. The van der Waals surface area contributed by atoms with E-state index in [2.05, 4.69) is 34.2 Å². The Balaban J connectivity index is 1.37. The summed E-state index contributed by atoms with van der Waals surface area (Å²) in [6.45, 7) is 3.44. The Morgan fingerprint density at radius 1 is 1.00 bits per heavy atom. The van der Waals surface area contributed by atoms with Gasteiger partial charge in [0.15, 0.2) is 6.04 Å². The lowest BCUT2D eigenvalue weighted by Gasteiger charge is -2.25. The third-order valence-corrected chi connectivity index (χ3v) is 6.46. The van der Waals surface area contributed by atoms with Crippen molar-refractivity contribution in [2.24, 2.45) is 11.8 Å². The third-order valence-electron chi connectivity index (χ3n) is 6.46. The maximum atomic E-state index is 12.7. The average Bonchev–Trinajstić information content (AvgIpc) is 3.48. The number of hydroxylamine groups is 1. The van der Waals surface area contributed by atoms with Crippen LogP contribution in [0.15, 0.2) is 48.5 Å². The first-order chi connectivity index (χ1) is 16.4. The molecule has 3 unspecified atom stereocenters. The molecule has 2 fully saturated rings. The zero-order chi connectivity index (χ0) is 24.2. The van der Waals surface area contributed by atoms with Gasteiger partial charge in [0.25, 0.3) is 17.7 Å². The van der Waals surface area contributed by atoms with Crippen LogP contribution < -0.4 is 10.8 Å². The van der Waals surface area contributed by atoms with Gasteiger partial charge < -0.3 is 10.2 Å². The fourth-order valence-electron chi connectivity index (χ4n) is 4.41. The molecule has 1 aliphatic carbocycles. The van der Waals surface area contributed by atoms with E-state index in [-0.39, 0.29) is 5.56 Å². The van der Waals surface area contributed by atoms with Gasteiger partial charge in [0.2, 0.25) is 0 Å². The molecule has 4 rings (SSSR count). The highest BCUT2D eigenvalue weighted by Crippen LogP contribution is 2.45. The first-order valence-corrected chi connectivity index (χ1v) is 11.3. The monoisotopic (exact) mass is 460 g/mol. The predicted molar refractivity (Wildman–Crippen MR) is 126 cm³/mol. The topological polar surface area (TPSA) is 102 Å². The van der Waals surface area contributed by atoms with Gasteiger partial charge in [-0.25, -0.2) is 5.48 Å². The van der Waals surface area contributed by atoms with Crippen molar-refractivity contribution in [1.82, 2.24) is 20.6 Å². The zero-order valence-corrected chi connectivity index (χ0v) is 19.2. The number of rotatable bonds is 6. The molecule has 2 aromatic carbocycles. The molecule has 2 aliphatic rings. The number of carbonyl (C=O) groups is 3. The first kappa shape index (κ1) is 23.5. The van der Waals surface area contributed by atoms with Gasteiger partial charge in [-0.2, -0.15) is 0 Å². The number of likely N-dealkylation sites (tertiary alicyclic amines) is 1. The second-order valence-corrected chi connectivity index (χ2v) is 8.88. The molecule has 0 aromatic heterocycles. The van der Waals surface area contributed by atoms with Crippen LogP contribution in [0.3, 0.4) is 0 Å². The summed E-state index contributed by atoms with van der Waals surface area (Å²) in [4.78, 5) is 40.1. The molecule has 8 nitrogen and oxygen atoms in total. The summed E-state index contributed by atoms with van der Waals surface area (Å²) >= 11 is 0. The van der Waals surface area contributed by atoms with E-state index in [0.29, 0.717) is 0 Å². The maximum Gasteiger partial charge on any atom is 0.275 e. The summed E-state index contributed by atoms with van der Waals surface area (Å²) < 4.78 is 0. The van der Waals surface area contributed by atoms with Crippen molar-refractivity contribution < 1.29 is 19.6 Å². The normalized spacial score (nSPS) is 19.3. The third kappa shape index (κ3) is 5.28. The molecule has 1 saturated carbocycles. The first-order valence-electron chi connectivity index (χ1n) is 11.3. The minimum atomic E-state index is -1.50. The number of likely N-dealkylation sites (N-methyl/N-ethyl adjacent to an activating group) is 2. The molecule has 3 N–H and O–H groups in total. The van der Waals surface area contributed by atoms with Gasteiger partial charge >= 0.3 is 0 Å². The van der Waals surface area contributed by atoms with Crippen LogP contribution in [0.4, 0.5) is 0 Å². The molecule has 0 bridgehead atoms. The molecule has 0 radical (unpaired) electrons. The molecular weight excluding hydrogens is 432 g/mol. The van der Waals surface area contributed by atoms with Gasteiger partial charge in [0.1, 0.15) is 0 Å². The summed E-state index contributed by atoms with van der Waals surface area (Å²) in [7, 11) is 2.66. The van der Waals surface area contributed by atoms with Gasteiger partial charge in [0.05, 0.1) is 0 Å². The number of hydrogen-bond acceptors (Lipinski definition) is 5. The number of fused-ring (bicyclic) bond motifs is 1. The minimum Gasteiger partial charge on any atom is -0.357 e. The van der Waals surface area contributed by atoms with E-state index in [1.807, 2.05) is 12.1 Å². The lowest BCUT2D eigenvalue weighted by Crippen LogP contribution is -2.54. The Morgan fingerprint density at radius 3 is 2.09 bits per heavy atom. The van der Waals surface area contributed by atoms with Gasteiger partial charge in [0, 0.05) is 50.4 Å². The molecule has 3 atom stereocenters. The highest BCUT2D eigenvalue weighted by molar-refractivity contribution is 6.08. The van der Waals surface area contributed by atoms with Crippen molar-refractivity contribution in [2.75, 3.05) is 27.2 Å². The Labute approximate surface area is 198 Å². The van der Waals surface area contributed by atoms with Gasteiger partial charge in [-0.3, -0.25) is 24.5 Å². The molecule has 8 heteroatoms. The number of piperidine rings is 1. The molecule has 3 amide bonds. The number of nitrogens with one attached hydrogen (secondary N) is 2. The van der Waals surface area contributed by atoms with E-state index in [1.165, 1.54) is 44.6 Å². The van der Waals surface area contributed by atoms with E-state index >= 15 is 0 Å². The second kappa shape index (κ2) is 10.1. The molecule has 1 aliphatic heterocycles. The average molecular weight is 461 g/mol. The molecule has 1 saturated heterocycles. The van der Waals surface area contributed by atoms with Crippen molar-refractivity contribution in [3.05, 3.63) is 70.8 Å². The molecular formula is C26H28N4O4. The van der Waals surface area contributed by atoms with Crippen molar-refractivity contribution in [1.29, 1.82) is 0 Å². The maximum absolute atomic E-state index is 12.7. The smallest absolute Gasteiger partial charge is 0.275 e. The summed E-state index contributed by atoms with van der Waals surface area (Å²) in [5, 5.41) is 11.2. The second-order valence-electron chi connectivity index (χ2n) is 8.88. The summed E-state index contributed by atoms with van der Waals surface area (Å²) in [6.07, 6.45) is 1.41. The molecule has 2 aromatic rings. The van der Waals surface area contributed by atoms with Crippen molar-refractivity contribution in [3.8, 4) is 11.8 Å². The van der Waals surface area contributed by atoms with Crippen LogP contribution in [0.25, 0.3) is 0 Å². The van der Waals surface area contributed by atoms with Crippen molar-refractivity contribution >= 4 is 17.7 Å². The molecule has 176 valence electrons. The highest BCUT2D eigenvalue weighted by Gasteiger charge is 2.44. The molecule has 0 spiro atoms. The van der Waals surface area contributed by atoms with Crippen molar-refractivity contribution in [3.63, 3.8) is 0 Å². The molecule has 34 heavy (non-hydrogen) atoms. The number of nitrogens with zero attached hydrogens (tertiary/aromatic N) is 2. The fourth-order valence-corrected chi connectivity index (χ4v) is 4.41. The van der Waals surface area contributed by atoms with Gasteiger partial charge in [-0.05, 0) is 60.2 Å². The quantitative estimate of drug-likeness (QED) is 0.261. The predicted octanol–water partition coefficient (Wildman–Crippen LogP) is 1.23. The van der Waals surface area contributed by atoms with E-state index in [9.17, 15) is 14.4 Å². The minimum absolute atomic E-state index is 0.289. The van der Waals surface area contributed by atoms with E-state index in [0.717, 1.165) is 34.4 Å². The Kier molecular flexibility index (Phi) is 6.96. The number of hydrogen-bond donors (Lipinski definition) is 3. The largest absolute Gasteiger partial charge is 0.357 e. The van der Waals surface area contributed by atoms with E-state index in [4.69, 9.17) is 5.21 Å². The summed E-state index contributed by atoms with van der Waals surface area (Å²) in [6, 6.07) is 13.4. The van der Waals surface area contributed by atoms with Crippen LogP contribution >= 0.6 is 0 Å².